The van der Waals surface area contributed by atoms with Crippen molar-refractivity contribution in [3.05, 3.63) is 69.8 Å². The molecule has 1 heterocycles. The van der Waals surface area contributed by atoms with Gasteiger partial charge in [-0.15, -0.1) is 0 Å². The summed E-state index contributed by atoms with van der Waals surface area (Å²) >= 11 is 12.2. The molecule has 1 unspecified atom stereocenters. The van der Waals surface area contributed by atoms with Crippen LogP contribution in [0.3, 0.4) is 0 Å². The van der Waals surface area contributed by atoms with E-state index in [1.165, 1.54) is 0 Å². The van der Waals surface area contributed by atoms with Crippen molar-refractivity contribution in [3.8, 4) is 0 Å². The Kier molecular flexibility index (Phi) is 3.23. The van der Waals surface area contributed by atoms with Crippen molar-refractivity contribution < 1.29 is 5.11 Å². The van der Waals surface area contributed by atoms with E-state index < -0.39 is 6.10 Å². The molecule has 0 radical (unpaired) electrons. The molecule has 0 aliphatic rings. The fourth-order valence-corrected chi connectivity index (χ4v) is 2.66. The van der Waals surface area contributed by atoms with Crippen LogP contribution in [0.15, 0.2) is 48.7 Å². The maximum absolute atomic E-state index is 10.6. The molecule has 2 N–H and O–H groups in total. The summed E-state index contributed by atoms with van der Waals surface area (Å²) in [5.74, 6) is 0. The number of benzene rings is 2. The van der Waals surface area contributed by atoms with E-state index in [4.69, 9.17) is 23.2 Å². The first-order valence-corrected chi connectivity index (χ1v) is 6.62. The largest absolute Gasteiger partial charge is 0.384 e. The van der Waals surface area contributed by atoms with Gasteiger partial charge in [-0.2, -0.15) is 0 Å². The second-order valence-corrected chi connectivity index (χ2v) is 5.12. The smallest absolute Gasteiger partial charge is 0.106 e. The number of halogens is 2. The van der Waals surface area contributed by atoms with Crippen molar-refractivity contribution in [2.45, 2.75) is 6.10 Å². The number of nitrogens with one attached hydrogen (secondary N) is 1. The normalized spacial score (nSPS) is 12.8. The minimum Gasteiger partial charge on any atom is -0.384 e. The average Bonchev–Trinajstić information content (AvgIpc) is 2.89. The number of rotatable bonds is 2. The summed E-state index contributed by atoms with van der Waals surface area (Å²) in [4.78, 5) is 3.12. The SMILES string of the molecule is OC(c1cccc(Cl)c1Cl)c1cccc2[nH]ccc12. The lowest BCUT2D eigenvalue weighted by Gasteiger charge is -2.15. The van der Waals surface area contributed by atoms with Crippen LogP contribution in [0.5, 0.6) is 0 Å². The molecule has 0 saturated carbocycles. The fourth-order valence-electron chi connectivity index (χ4n) is 2.25. The van der Waals surface area contributed by atoms with Crippen molar-refractivity contribution in [1.82, 2.24) is 4.98 Å². The number of aromatic amines is 1. The Labute approximate surface area is 120 Å². The van der Waals surface area contributed by atoms with Gasteiger partial charge in [0.1, 0.15) is 6.10 Å². The topological polar surface area (TPSA) is 36.0 Å². The monoisotopic (exact) mass is 291 g/mol. The van der Waals surface area contributed by atoms with E-state index in [-0.39, 0.29) is 0 Å². The molecule has 1 aromatic heterocycles. The van der Waals surface area contributed by atoms with Gasteiger partial charge in [0.05, 0.1) is 10.0 Å². The summed E-state index contributed by atoms with van der Waals surface area (Å²) in [5.41, 5.74) is 2.40. The number of hydrogen-bond donors (Lipinski definition) is 2. The molecule has 2 nitrogen and oxygen atoms in total. The van der Waals surface area contributed by atoms with Gasteiger partial charge in [0, 0.05) is 22.7 Å². The van der Waals surface area contributed by atoms with Crippen molar-refractivity contribution >= 4 is 34.1 Å². The molecule has 2 aromatic carbocycles. The van der Waals surface area contributed by atoms with Gasteiger partial charge in [-0.05, 0) is 23.8 Å². The Morgan fingerprint density at radius 2 is 1.68 bits per heavy atom. The molecule has 0 aliphatic carbocycles. The molecular formula is C15H11Cl2NO. The van der Waals surface area contributed by atoms with E-state index in [1.54, 1.807) is 18.2 Å². The predicted octanol–water partition coefficient (Wildman–Crippen LogP) is 4.56. The highest BCUT2D eigenvalue weighted by Gasteiger charge is 2.17. The molecule has 4 heteroatoms. The van der Waals surface area contributed by atoms with E-state index in [2.05, 4.69) is 4.98 Å². The summed E-state index contributed by atoms with van der Waals surface area (Å²) in [6.45, 7) is 0. The van der Waals surface area contributed by atoms with E-state index in [1.807, 2.05) is 30.5 Å². The van der Waals surface area contributed by atoms with E-state index in [0.717, 1.165) is 16.5 Å². The Morgan fingerprint density at radius 3 is 2.53 bits per heavy atom. The van der Waals surface area contributed by atoms with Crippen LogP contribution in [0.1, 0.15) is 17.2 Å². The maximum atomic E-state index is 10.6. The Balaban J connectivity index is 2.16. The van der Waals surface area contributed by atoms with Crippen molar-refractivity contribution in [2.24, 2.45) is 0 Å². The number of aliphatic hydroxyl groups is 1. The quantitative estimate of drug-likeness (QED) is 0.714. The number of H-pyrrole nitrogens is 1. The fraction of sp³-hybridized carbons (Fsp3) is 0.0667. The van der Waals surface area contributed by atoms with Crippen LogP contribution < -0.4 is 0 Å². The highest BCUT2D eigenvalue weighted by atomic mass is 35.5. The molecule has 3 aromatic rings. The minimum atomic E-state index is -0.800. The van der Waals surface area contributed by atoms with Crippen molar-refractivity contribution in [1.29, 1.82) is 0 Å². The molecule has 0 bridgehead atoms. The Hall–Kier alpha value is -1.48. The van der Waals surface area contributed by atoms with Gasteiger partial charge in [0.15, 0.2) is 0 Å². The lowest BCUT2D eigenvalue weighted by molar-refractivity contribution is 0.222. The van der Waals surface area contributed by atoms with Gasteiger partial charge in [0.25, 0.3) is 0 Å². The molecule has 0 amide bonds. The van der Waals surface area contributed by atoms with Crippen LogP contribution in [-0.2, 0) is 0 Å². The third kappa shape index (κ3) is 2.12. The van der Waals surface area contributed by atoms with Gasteiger partial charge in [-0.25, -0.2) is 0 Å². The molecule has 0 spiro atoms. The lowest BCUT2D eigenvalue weighted by atomic mass is 9.98. The first-order valence-electron chi connectivity index (χ1n) is 5.86. The van der Waals surface area contributed by atoms with Crippen LogP contribution in [0.25, 0.3) is 10.9 Å². The van der Waals surface area contributed by atoms with Gasteiger partial charge in [-0.1, -0.05) is 47.5 Å². The van der Waals surface area contributed by atoms with E-state index >= 15 is 0 Å². The van der Waals surface area contributed by atoms with Crippen LogP contribution >= 0.6 is 23.2 Å². The summed E-state index contributed by atoms with van der Waals surface area (Å²) < 4.78 is 0. The first kappa shape index (κ1) is 12.5. The third-order valence-electron chi connectivity index (χ3n) is 3.20. The zero-order valence-electron chi connectivity index (χ0n) is 9.90. The molecule has 0 saturated heterocycles. The maximum Gasteiger partial charge on any atom is 0.106 e. The molecule has 1 atom stereocenters. The zero-order valence-corrected chi connectivity index (χ0v) is 11.4. The van der Waals surface area contributed by atoms with Gasteiger partial charge in [-0.3, -0.25) is 0 Å². The minimum absolute atomic E-state index is 0.393. The zero-order chi connectivity index (χ0) is 13.4. The molecule has 19 heavy (non-hydrogen) atoms. The van der Waals surface area contributed by atoms with Crippen molar-refractivity contribution in [2.75, 3.05) is 0 Å². The Morgan fingerprint density at radius 1 is 0.947 bits per heavy atom. The highest BCUT2D eigenvalue weighted by molar-refractivity contribution is 6.42. The summed E-state index contributed by atoms with van der Waals surface area (Å²) in [6, 6.07) is 13.0. The van der Waals surface area contributed by atoms with Gasteiger partial charge in [0.2, 0.25) is 0 Å². The number of aromatic nitrogens is 1. The second kappa shape index (κ2) is 4.89. The summed E-state index contributed by atoms with van der Waals surface area (Å²) in [6.07, 6.45) is 1.05. The standard InChI is InChI=1S/C15H11Cl2NO/c16-12-5-1-4-11(14(12)17)15(19)10-3-2-6-13-9(10)7-8-18-13/h1-8,15,18-19H. The van der Waals surface area contributed by atoms with Crippen molar-refractivity contribution in [3.63, 3.8) is 0 Å². The average molecular weight is 292 g/mol. The Bertz CT molecular complexity index is 736. The second-order valence-electron chi connectivity index (χ2n) is 4.33. The van der Waals surface area contributed by atoms with Gasteiger partial charge >= 0.3 is 0 Å². The third-order valence-corrected chi connectivity index (χ3v) is 4.03. The molecule has 0 fully saturated rings. The predicted molar refractivity (Wildman–Crippen MR) is 78.8 cm³/mol. The highest BCUT2D eigenvalue weighted by Crippen LogP contribution is 2.35. The van der Waals surface area contributed by atoms with Gasteiger partial charge < -0.3 is 10.1 Å². The molecular weight excluding hydrogens is 281 g/mol. The number of hydrogen-bond acceptors (Lipinski definition) is 1. The molecule has 96 valence electrons. The van der Waals surface area contributed by atoms with E-state index in [0.29, 0.717) is 15.6 Å². The summed E-state index contributed by atoms with van der Waals surface area (Å²) in [5, 5.41) is 12.4. The molecule has 3 rings (SSSR count). The molecule has 0 aliphatic heterocycles. The van der Waals surface area contributed by atoms with Crippen LogP contribution in [-0.4, -0.2) is 10.1 Å². The summed E-state index contributed by atoms with van der Waals surface area (Å²) in [7, 11) is 0. The first-order chi connectivity index (χ1) is 9.18. The van der Waals surface area contributed by atoms with Crippen LogP contribution in [0.4, 0.5) is 0 Å². The van der Waals surface area contributed by atoms with Crippen LogP contribution in [0.2, 0.25) is 10.0 Å². The van der Waals surface area contributed by atoms with E-state index in [9.17, 15) is 5.11 Å². The lowest BCUT2D eigenvalue weighted by Crippen LogP contribution is -2.01. The van der Waals surface area contributed by atoms with Crippen LogP contribution in [0, 0.1) is 0 Å². The number of fused-ring (bicyclic) bond motifs is 1. The number of aliphatic hydroxyl groups excluding tert-OH is 1.